The van der Waals surface area contributed by atoms with Crippen LogP contribution in [0.2, 0.25) is 4.34 Å². The van der Waals surface area contributed by atoms with E-state index in [1.54, 1.807) is 0 Å². The van der Waals surface area contributed by atoms with Gasteiger partial charge in [0.2, 0.25) is 0 Å². The van der Waals surface area contributed by atoms with E-state index in [1.165, 1.54) is 11.3 Å². The molecule has 0 aromatic carbocycles. The summed E-state index contributed by atoms with van der Waals surface area (Å²) in [6.45, 7) is 3.91. The molecule has 1 aromatic heterocycles. The van der Waals surface area contributed by atoms with Crippen LogP contribution in [0.3, 0.4) is 0 Å². The van der Waals surface area contributed by atoms with Gasteiger partial charge in [-0.05, 0) is 50.9 Å². The molecule has 1 aromatic rings. The molecule has 2 nitrogen and oxygen atoms in total. The van der Waals surface area contributed by atoms with Crippen LogP contribution in [0.25, 0.3) is 0 Å². The molecule has 0 bridgehead atoms. The van der Waals surface area contributed by atoms with E-state index >= 15 is 0 Å². The van der Waals surface area contributed by atoms with E-state index in [9.17, 15) is 5.11 Å². The number of nitrogens with one attached hydrogen (secondary N) is 1. The van der Waals surface area contributed by atoms with Crippen LogP contribution in [-0.4, -0.2) is 18.2 Å². The summed E-state index contributed by atoms with van der Waals surface area (Å²) in [5, 5.41) is 13.9. The van der Waals surface area contributed by atoms with Crippen molar-refractivity contribution in [1.82, 2.24) is 5.32 Å². The zero-order valence-corrected chi connectivity index (χ0v) is 10.4. The Balaban J connectivity index is 2.17. The maximum absolute atomic E-state index is 10.5. The van der Waals surface area contributed by atoms with Crippen molar-refractivity contribution in [2.45, 2.75) is 25.4 Å². The van der Waals surface area contributed by atoms with Crippen molar-refractivity contribution in [3.63, 3.8) is 0 Å². The van der Waals surface area contributed by atoms with Gasteiger partial charge in [-0.25, -0.2) is 0 Å². The molecule has 1 atom stereocenters. The predicted molar refractivity (Wildman–Crippen MR) is 64.5 cm³/mol. The van der Waals surface area contributed by atoms with E-state index < -0.39 is 5.60 Å². The maximum atomic E-state index is 10.5. The van der Waals surface area contributed by atoms with Gasteiger partial charge < -0.3 is 10.4 Å². The predicted octanol–water partition coefficient (Wildman–Crippen LogP) is 2.61. The quantitative estimate of drug-likeness (QED) is 0.840. The van der Waals surface area contributed by atoms with Crippen molar-refractivity contribution >= 4 is 22.9 Å². The second-order valence-corrected chi connectivity index (χ2v) is 5.99. The summed E-state index contributed by atoms with van der Waals surface area (Å²) in [5.74, 6) is 0.341. The normalized spacial score (nSPS) is 22.6. The lowest BCUT2D eigenvalue weighted by atomic mass is 9.81. The molecule has 1 fully saturated rings. The molecular formula is C11H16ClNOS. The summed E-state index contributed by atoms with van der Waals surface area (Å²) < 4.78 is 0.749. The van der Waals surface area contributed by atoms with Gasteiger partial charge in [0.15, 0.2) is 0 Å². The van der Waals surface area contributed by atoms with Crippen LogP contribution in [0.5, 0.6) is 0 Å². The average Bonchev–Trinajstić information content (AvgIpc) is 2.67. The van der Waals surface area contributed by atoms with E-state index in [0.717, 1.165) is 35.1 Å². The SMILES string of the molecule is CC(O)(c1ccc(Cl)s1)C1CCNCC1. The number of aliphatic hydroxyl groups is 1. The summed E-state index contributed by atoms with van der Waals surface area (Å²) in [6.07, 6.45) is 2.06. The Bertz CT molecular complexity index is 331. The molecule has 0 saturated carbocycles. The fourth-order valence-corrected chi connectivity index (χ4v) is 3.34. The van der Waals surface area contributed by atoms with Gasteiger partial charge >= 0.3 is 0 Å². The first-order valence-corrected chi connectivity index (χ1v) is 6.49. The molecule has 0 spiro atoms. The largest absolute Gasteiger partial charge is 0.384 e. The molecule has 15 heavy (non-hydrogen) atoms. The van der Waals surface area contributed by atoms with Crippen LogP contribution in [-0.2, 0) is 5.60 Å². The molecule has 84 valence electrons. The molecule has 4 heteroatoms. The molecule has 2 rings (SSSR count). The molecule has 2 N–H and O–H groups in total. The van der Waals surface area contributed by atoms with E-state index in [-0.39, 0.29) is 0 Å². The first kappa shape index (κ1) is 11.4. The number of hydrogen-bond acceptors (Lipinski definition) is 3. The number of piperidine rings is 1. The van der Waals surface area contributed by atoms with E-state index in [4.69, 9.17) is 11.6 Å². The number of halogens is 1. The lowest BCUT2D eigenvalue weighted by Crippen LogP contribution is -2.39. The monoisotopic (exact) mass is 245 g/mol. The zero-order valence-electron chi connectivity index (χ0n) is 8.79. The third kappa shape index (κ3) is 2.36. The molecule has 1 aliphatic rings. The maximum Gasteiger partial charge on any atom is 0.0989 e. The Morgan fingerprint density at radius 1 is 1.47 bits per heavy atom. The van der Waals surface area contributed by atoms with Gasteiger partial charge in [0.1, 0.15) is 0 Å². The van der Waals surface area contributed by atoms with E-state index in [1.807, 2.05) is 19.1 Å². The topological polar surface area (TPSA) is 32.3 Å². The van der Waals surface area contributed by atoms with Gasteiger partial charge in [0.25, 0.3) is 0 Å². The highest BCUT2D eigenvalue weighted by atomic mass is 35.5. The van der Waals surface area contributed by atoms with Crippen LogP contribution >= 0.6 is 22.9 Å². The first-order valence-electron chi connectivity index (χ1n) is 5.29. The second kappa shape index (κ2) is 4.42. The highest BCUT2D eigenvalue weighted by molar-refractivity contribution is 7.16. The minimum Gasteiger partial charge on any atom is -0.384 e. The molecule has 0 radical (unpaired) electrons. The van der Waals surface area contributed by atoms with Crippen molar-refractivity contribution in [2.75, 3.05) is 13.1 Å². The smallest absolute Gasteiger partial charge is 0.0989 e. The highest BCUT2D eigenvalue weighted by Gasteiger charge is 2.35. The van der Waals surface area contributed by atoms with Crippen LogP contribution in [0.1, 0.15) is 24.6 Å². The van der Waals surface area contributed by atoms with E-state index in [0.29, 0.717) is 5.92 Å². The minimum atomic E-state index is -0.722. The van der Waals surface area contributed by atoms with Crippen LogP contribution < -0.4 is 5.32 Å². The Kier molecular flexibility index (Phi) is 3.36. The van der Waals surface area contributed by atoms with Crippen molar-refractivity contribution in [1.29, 1.82) is 0 Å². The molecule has 1 aliphatic heterocycles. The van der Waals surface area contributed by atoms with Crippen molar-refractivity contribution in [2.24, 2.45) is 5.92 Å². The molecular weight excluding hydrogens is 230 g/mol. The fraction of sp³-hybridized carbons (Fsp3) is 0.636. The molecule has 0 amide bonds. The van der Waals surface area contributed by atoms with Gasteiger partial charge in [-0.15, -0.1) is 11.3 Å². The van der Waals surface area contributed by atoms with Gasteiger partial charge in [0.05, 0.1) is 9.94 Å². The lowest BCUT2D eigenvalue weighted by molar-refractivity contribution is -0.0153. The molecule has 0 aliphatic carbocycles. The summed E-state index contributed by atoms with van der Waals surface area (Å²) in [6, 6.07) is 3.80. The van der Waals surface area contributed by atoms with E-state index in [2.05, 4.69) is 5.32 Å². The standard InChI is InChI=1S/C11H16ClNOS/c1-11(14,8-4-6-13-7-5-8)9-2-3-10(12)15-9/h2-3,8,13-14H,4-7H2,1H3. The molecule has 1 unspecified atom stereocenters. The van der Waals surface area contributed by atoms with Gasteiger partial charge in [0, 0.05) is 4.88 Å². The summed E-state index contributed by atoms with van der Waals surface area (Å²) in [5.41, 5.74) is -0.722. The van der Waals surface area contributed by atoms with Crippen molar-refractivity contribution < 1.29 is 5.11 Å². The van der Waals surface area contributed by atoms with Gasteiger partial charge in [-0.3, -0.25) is 0 Å². The number of thiophene rings is 1. The number of rotatable bonds is 2. The zero-order chi connectivity index (χ0) is 10.9. The second-order valence-electron chi connectivity index (χ2n) is 4.28. The average molecular weight is 246 g/mol. The molecule has 2 heterocycles. The Labute approximate surface area is 99.3 Å². The summed E-state index contributed by atoms with van der Waals surface area (Å²) in [4.78, 5) is 0.986. The first-order chi connectivity index (χ1) is 7.10. The third-order valence-electron chi connectivity index (χ3n) is 3.21. The Morgan fingerprint density at radius 3 is 2.67 bits per heavy atom. The summed E-state index contributed by atoms with van der Waals surface area (Å²) >= 11 is 7.38. The summed E-state index contributed by atoms with van der Waals surface area (Å²) in [7, 11) is 0. The molecule has 1 saturated heterocycles. The van der Waals surface area contributed by atoms with Crippen LogP contribution in [0, 0.1) is 5.92 Å². The third-order valence-corrected chi connectivity index (χ3v) is 4.66. The van der Waals surface area contributed by atoms with Gasteiger partial charge in [-0.2, -0.15) is 0 Å². The lowest BCUT2D eigenvalue weighted by Gasteiger charge is -2.35. The highest BCUT2D eigenvalue weighted by Crippen LogP contribution is 2.39. The number of hydrogen-bond donors (Lipinski definition) is 2. The fourth-order valence-electron chi connectivity index (χ4n) is 2.17. The Hall–Kier alpha value is -0.0900. The van der Waals surface area contributed by atoms with Crippen LogP contribution in [0.4, 0.5) is 0 Å². The Morgan fingerprint density at radius 2 is 2.13 bits per heavy atom. The van der Waals surface area contributed by atoms with Crippen LogP contribution in [0.15, 0.2) is 12.1 Å². The van der Waals surface area contributed by atoms with Crippen molar-refractivity contribution in [3.05, 3.63) is 21.3 Å². The minimum absolute atomic E-state index is 0.341. The van der Waals surface area contributed by atoms with Gasteiger partial charge in [-0.1, -0.05) is 11.6 Å². The van der Waals surface area contributed by atoms with Crippen molar-refractivity contribution in [3.8, 4) is 0 Å².